The van der Waals surface area contributed by atoms with Crippen LogP contribution in [0.4, 0.5) is 4.79 Å². The Morgan fingerprint density at radius 3 is 2.70 bits per heavy atom. The molecule has 1 aliphatic carbocycles. The van der Waals surface area contributed by atoms with Crippen molar-refractivity contribution in [3.8, 4) is 17.1 Å². The van der Waals surface area contributed by atoms with E-state index in [1.54, 1.807) is 33.5 Å². The van der Waals surface area contributed by atoms with Gasteiger partial charge in [-0.15, -0.1) is 0 Å². The summed E-state index contributed by atoms with van der Waals surface area (Å²) < 4.78 is 15.1. The van der Waals surface area contributed by atoms with Gasteiger partial charge in [0.15, 0.2) is 0 Å². The van der Waals surface area contributed by atoms with Crippen LogP contribution in [0.25, 0.3) is 16.8 Å². The molecule has 0 N–H and O–H groups in total. The Labute approximate surface area is 175 Å². The Bertz CT molecular complexity index is 1050. The van der Waals surface area contributed by atoms with Gasteiger partial charge in [0.1, 0.15) is 11.1 Å². The smallest absolute Gasteiger partial charge is 0.410 e. The van der Waals surface area contributed by atoms with Crippen molar-refractivity contribution in [3.05, 3.63) is 30.9 Å². The average Bonchev–Trinajstić information content (AvgIpc) is 3.28. The lowest BCUT2D eigenvalue weighted by molar-refractivity contribution is -0.00546. The number of hydrogen-bond donors (Lipinski definition) is 0. The van der Waals surface area contributed by atoms with Gasteiger partial charge in [0.2, 0.25) is 5.88 Å². The zero-order valence-electron chi connectivity index (χ0n) is 18.1. The van der Waals surface area contributed by atoms with Crippen molar-refractivity contribution in [1.29, 1.82) is 0 Å². The minimum Gasteiger partial charge on any atom is -0.476 e. The predicted octanol–water partition coefficient (Wildman–Crippen LogP) is 3.15. The van der Waals surface area contributed by atoms with Crippen molar-refractivity contribution in [1.82, 2.24) is 29.3 Å². The van der Waals surface area contributed by atoms with E-state index in [4.69, 9.17) is 14.5 Å². The maximum Gasteiger partial charge on any atom is 0.410 e. The number of aromatic nitrogens is 5. The third-order valence-corrected chi connectivity index (χ3v) is 5.35. The molecule has 0 aliphatic heterocycles. The zero-order chi connectivity index (χ0) is 21.5. The molecule has 0 saturated heterocycles. The fraction of sp³-hybridized carbons (Fsp3) is 0.524. The van der Waals surface area contributed by atoms with Gasteiger partial charge in [-0.1, -0.05) is 0 Å². The topological polar surface area (TPSA) is 86.8 Å². The van der Waals surface area contributed by atoms with E-state index in [1.165, 1.54) is 0 Å². The number of fused-ring (bicyclic) bond motifs is 1. The van der Waals surface area contributed by atoms with Crippen LogP contribution in [0.5, 0.6) is 5.88 Å². The summed E-state index contributed by atoms with van der Waals surface area (Å²) in [5.41, 5.74) is 1.93. The molecule has 4 rings (SSSR count). The number of rotatable bonds is 5. The molecule has 9 nitrogen and oxygen atoms in total. The molecule has 1 amide bonds. The Morgan fingerprint density at radius 2 is 2.07 bits per heavy atom. The molecule has 9 heteroatoms. The molecular weight excluding hydrogens is 384 g/mol. The van der Waals surface area contributed by atoms with Crippen molar-refractivity contribution in [2.24, 2.45) is 13.0 Å². The highest BCUT2D eigenvalue weighted by Gasteiger charge is 2.38. The Balaban J connectivity index is 1.47. The molecule has 2 atom stereocenters. The van der Waals surface area contributed by atoms with Crippen LogP contribution in [0.3, 0.4) is 0 Å². The first-order valence-electron chi connectivity index (χ1n) is 10.1. The van der Waals surface area contributed by atoms with Gasteiger partial charge >= 0.3 is 6.09 Å². The summed E-state index contributed by atoms with van der Waals surface area (Å²) in [6, 6.07) is 1.97. The number of amides is 1. The molecule has 160 valence electrons. The Morgan fingerprint density at radius 1 is 1.27 bits per heavy atom. The van der Waals surface area contributed by atoms with Crippen LogP contribution in [-0.2, 0) is 11.8 Å². The van der Waals surface area contributed by atoms with Crippen molar-refractivity contribution in [2.75, 3.05) is 13.7 Å². The van der Waals surface area contributed by atoms with E-state index in [0.29, 0.717) is 12.5 Å². The molecule has 1 fully saturated rings. The number of hydrogen-bond acceptors (Lipinski definition) is 6. The highest BCUT2D eigenvalue weighted by molar-refractivity contribution is 5.68. The molecule has 3 aromatic heterocycles. The van der Waals surface area contributed by atoms with E-state index in [1.807, 2.05) is 46.3 Å². The first kappa shape index (κ1) is 20.2. The Kier molecular flexibility index (Phi) is 5.13. The summed E-state index contributed by atoms with van der Waals surface area (Å²) >= 11 is 0. The predicted molar refractivity (Wildman–Crippen MR) is 111 cm³/mol. The van der Waals surface area contributed by atoms with Crippen molar-refractivity contribution in [2.45, 2.75) is 45.3 Å². The quantitative estimate of drug-likeness (QED) is 0.640. The average molecular weight is 412 g/mol. The molecule has 0 bridgehead atoms. The summed E-state index contributed by atoms with van der Waals surface area (Å²) in [7, 11) is 3.66. The number of carbonyl (C=O) groups is 1. The summed E-state index contributed by atoms with van der Waals surface area (Å²) in [6.07, 6.45) is 8.89. The van der Waals surface area contributed by atoms with Crippen molar-refractivity contribution in [3.63, 3.8) is 0 Å². The molecule has 0 aromatic carbocycles. The van der Waals surface area contributed by atoms with Crippen LogP contribution >= 0.6 is 0 Å². The van der Waals surface area contributed by atoms with Gasteiger partial charge in [-0.3, -0.25) is 4.68 Å². The largest absolute Gasteiger partial charge is 0.476 e. The normalized spacial score (nSPS) is 18.8. The minimum atomic E-state index is -0.509. The van der Waals surface area contributed by atoms with Crippen LogP contribution in [0.2, 0.25) is 0 Å². The zero-order valence-corrected chi connectivity index (χ0v) is 18.1. The molecule has 3 aromatic rings. The number of carbonyl (C=O) groups excluding carboxylic acids is 1. The molecule has 1 aliphatic rings. The standard InChI is InChI=1S/C21H28N6O3/c1-21(2,3)30-20(28)26(5)17-7-6-14(17)13-29-19-18-8-9-22-27(18)12-16(24-19)15-10-23-25(4)11-15/h8-12,14,17H,6-7,13H2,1-5H3/t14-,17+/m1/s1. The summed E-state index contributed by atoms with van der Waals surface area (Å²) in [5.74, 6) is 0.758. The fourth-order valence-electron chi connectivity index (χ4n) is 3.61. The first-order valence-corrected chi connectivity index (χ1v) is 10.1. The second-order valence-corrected chi connectivity index (χ2v) is 8.80. The first-order chi connectivity index (χ1) is 14.2. The summed E-state index contributed by atoms with van der Waals surface area (Å²) in [6.45, 7) is 6.09. The number of nitrogens with zero attached hydrogens (tertiary/aromatic N) is 6. The minimum absolute atomic E-state index is 0.0993. The molecular formula is C21H28N6O3. The fourth-order valence-corrected chi connectivity index (χ4v) is 3.61. The van der Waals surface area contributed by atoms with Crippen LogP contribution in [-0.4, -0.2) is 60.7 Å². The van der Waals surface area contributed by atoms with E-state index in [2.05, 4.69) is 10.2 Å². The lowest BCUT2D eigenvalue weighted by Crippen LogP contribution is -2.51. The lowest BCUT2D eigenvalue weighted by atomic mass is 9.79. The third kappa shape index (κ3) is 4.10. The van der Waals surface area contributed by atoms with Gasteiger partial charge in [0.05, 0.1) is 30.9 Å². The van der Waals surface area contributed by atoms with Gasteiger partial charge in [-0.25, -0.2) is 14.3 Å². The van der Waals surface area contributed by atoms with Crippen LogP contribution in [0.1, 0.15) is 33.6 Å². The van der Waals surface area contributed by atoms with E-state index in [0.717, 1.165) is 29.6 Å². The molecule has 0 radical (unpaired) electrons. The lowest BCUT2D eigenvalue weighted by Gasteiger charge is -2.42. The Hall–Kier alpha value is -3.10. The van der Waals surface area contributed by atoms with E-state index in [-0.39, 0.29) is 18.1 Å². The summed E-state index contributed by atoms with van der Waals surface area (Å²) in [4.78, 5) is 18.8. The van der Waals surface area contributed by atoms with E-state index < -0.39 is 5.60 Å². The highest BCUT2D eigenvalue weighted by atomic mass is 16.6. The van der Waals surface area contributed by atoms with E-state index in [9.17, 15) is 4.79 Å². The van der Waals surface area contributed by atoms with Gasteiger partial charge < -0.3 is 14.4 Å². The second kappa shape index (κ2) is 7.62. The number of ether oxygens (including phenoxy) is 2. The van der Waals surface area contributed by atoms with Crippen LogP contribution in [0, 0.1) is 5.92 Å². The second-order valence-electron chi connectivity index (χ2n) is 8.80. The van der Waals surface area contributed by atoms with Crippen LogP contribution in [0.15, 0.2) is 30.9 Å². The monoisotopic (exact) mass is 412 g/mol. The number of aryl methyl sites for hydroxylation is 1. The SMILES string of the molecule is CN(C(=O)OC(C)(C)C)[C@H]1CC[C@@H]1COc1nc(-c2cnn(C)c2)cn2nccc12. The van der Waals surface area contributed by atoms with Crippen LogP contribution < -0.4 is 4.74 Å². The third-order valence-electron chi connectivity index (χ3n) is 5.35. The maximum atomic E-state index is 12.4. The van der Waals surface area contributed by atoms with Gasteiger partial charge in [0.25, 0.3) is 0 Å². The molecule has 0 spiro atoms. The molecule has 3 heterocycles. The van der Waals surface area contributed by atoms with Gasteiger partial charge in [0, 0.05) is 37.8 Å². The summed E-state index contributed by atoms with van der Waals surface area (Å²) in [5, 5.41) is 8.55. The van der Waals surface area contributed by atoms with Crippen molar-refractivity contribution < 1.29 is 14.3 Å². The molecule has 0 unspecified atom stereocenters. The molecule has 1 saturated carbocycles. The van der Waals surface area contributed by atoms with E-state index >= 15 is 0 Å². The molecule has 30 heavy (non-hydrogen) atoms. The maximum absolute atomic E-state index is 12.4. The van der Waals surface area contributed by atoms with Crippen molar-refractivity contribution >= 4 is 11.6 Å². The van der Waals surface area contributed by atoms with Gasteiger partial charge in [-0.05, 0) is 39.7 Å². The van der Waals surface area contributed by atoms with Gasteiger partial charge in [-0.2, -0.15) is 10.2 Å². The highest BCUT2D eigenvalue weighted by Crippen LogP contribution is 2.33.